The number of hydrogen-bond donors (Lipinski definition) is 10. The van der Waals surface area contributed by atoms with Crippen LogP contribution in [0.3, 0.4) is 0 Å². The van der Waals surface area contributed by atoms with Gasteiger partial charge >= 0.3 is 0 Å². The van der Waals surface area contributed by atoms with E-state index in [0.29, 0.717) is 18.1 Å². The van der Waals surface area contributed by atoms with Crippen LogP contribution < -0.4 is 56.9 Å². The molecule has 5 heterocycles. The number of nitrogens with one attached hydrogen (secondary N) is 1. The first-order chi connectivity index (χ1) is 32.2. The van der Waals surface area contributed by atoms with Crippen LogP contribution in [0.2, 0.25) is 0 Å². The fourth-order valence-corrected chi connectivity index (χ4v) is 9.28. The number of piperazine rings is 5. The van der Waals surface area contributed by atoms with Gasteiger partial charge in [0.1, 0.15) is 0 Å². The standard InChI is InChI=1S/C12H28N4.C11H26N4.C10H24N4.C9H22N4.C8H19N3/c1-11(13)3-5-15-7-9-16(10-8-15)6-4-12(2)14;1-10(12)8-14-4-6-15(7-5-14)9-11(2,3)13;1-10(2,12)9-14-7-5-13(4-3-11)6-8-14;1-9(11)8-13-6-4-12(3-2-10)5-7-13;1-8(2,9)7-11-5-3-10-4-6-11/h11-12H,3-10,13-14H2,1-2H3;10H,4-9,12-13H2,1-3H3;3-9,11-12H2,1-2H3;9H,2-8,10-11H2,1H3;10H,3-7,9H2,1-2H3. The van der Waals surface area contributed by atoms with Crippen molar-refractivity contribution in [2.24, 2.45) is 51.6 Å². The third-order valence-corrected chi connectivity index (χ3v) is 12.7. The van der Waals surface area contributed by atoms with E-state index in [1.54, 1.807) is 0 Å². The van der Waals surface area contributed by atoms with Crippen LogP contribution >= 0.6 is 0 Å². The van der Waals surface area contributed by atoms with Gasteiger partial charge in [-0.1, -0.05) is 0 Å². The molecule has 0 aliphatic carbocycles. The second kappa shape index (κ2) is 36.2. The van der Waals surface area contributed by atoms with Gasteiger partial charge in [-0.2, -0.15) is 0 Å². The maximum atomic E-state index is 6.01. The molecule has 19 nitrogen and oxygen atoms in total. The molecule has 0 amide bonds. The second-order valence-corrected chi connectivity index (χ2v) is 23.6. The normalized spacial score (nSPS) is 22.7. The molecule has 414 valence electrons. The third-order valence-electron chi connectivity index (χ3n) is 12.7. The van der Waals surface area contributed by atoms with E-state index in [0.717, 1.165) is 190 Å². The van der Waals surface area contributed by atoms with Crippen molar-refractivity contribution >= 4 is 0 Å². The SMILES string of the molecule is CC(C)(N)CN1CCN(CCN)CC1.CC(C)(N)CN1CCNCC1.CC(N)CCN1CCN(CCC(C)N)CC1.CC(N)CN1CCN(CC(C)(C)N)CC1.CC(N)CN1CCN(CCN)CC1. The van der Waals surface area contributed by atoms with E-state index in [9.17, 15) is 0 Å². The Hall–Kier alpha value is -0.760. The fourth-order valence-electron chi connectivity index (χ4n) is 9.28. The lowest BCUT2D eigenvalue weighted by Crippen LogP contribution is -2.54. The van der Waals surface area contributed by atoms with Crippen LogP contribution in [0.15, 0.2) is 0 Å². The molecule has 0 aromatic heterocycles. The molecule has 4 unspecified atom stereocenters. The van der Waals surface area contributed by atoms with E-state index >= 15 is 0 Å². The van der Waals surface area contributed by atoms with Gasteiger partial charge in [0.15, 0.2) is 0 Å². The van der Waals surface area contributed by atoms with Crippen molar-refractivity contribution in [2.75, 3.05) is 203 Å². The number of nitrogens with two attached hydrogens (primary N) is 9. The van der Waals surface area contributed by atoms with Crippen molar-refractivity contribution in [1.29, 1.82) is 0 Å². The molecule has 0 aromatic carbocycles. The van der Waals surface area contributed by atoms with Gasteiger partial charge in [-0.3, -0.25) is 34.3 Å². The molecule has 0 bridgehead atoms. The van der Waals surface area contributed by atoms with E-state index in [2.05, 4.69) is 119 Å². The van der Waals surface area contributed by atoms with Gasteiger partial charge in [-0.25, -0.2) is 0 Å². The zero-order valence-corrected chi connectivity index (χ0v) is 46.9. The first-order valence-electron chi connectivity index (χ1n) is 27.3. The molecule has 5 aliphatic rings. The zero-order valence-electron chi connectivity index (χ0n) is 46.9. The van der Waals surface area contributed by atoms with E-state index in [1.807, 2.05) is 0 Å². The van der Waals surface area contributed by atoms with Gasteiger partial charge in [-0.05, 0) is 95.2 Å². The predicted octanol–water partition coefficient (Wildman–Crippen LogP) is -2.39. The van der Waals surface area contributed by atoms with Gasteiger partial charge < -0.3 is 66.7 Å². The van der Waals surface area contributed by atoms with Crippen LogP contribution in [0.1, 0.15) is 82.1 Å². The van der Waals surface area contributed by atoms with Gasteiger partial charge in [0.05, 0.1) is 0 Å². The number of nitrogens with zero attached hydrogens (tertiary/aromatic N) is 9. The zero-order chi connectivity index (χ0) is 52.0. The Morgan fingerprint density at radius 2 is 0.580 bits per heavy atom. The van der Waals surface area contributed by atoms with E-state index < -0.39 is 0 Å². The molecular weight excluding hydrogens is 867 g/mol. The summed E-state index contributed by atoms with van der Waals surface area (Å²) in [5.41, 5.74) is 51.8. The highest BCUT2D eigenvalue weighted by molar-refractivity contribution is 4.84. The Bertz CT molecular complexity index is 1150. The van der Waals surface area contributed by atoms with Crippen molar-refractivity contribution < 1.29 is 0 Å². The van der Waals surface area contributed by atoms with E-state index in [-0.39, 0.29) is 22.7 Å². The molecule has 19 N–H and O–H groups in total. The fraction of sp³-hybridized carbons (Fsp3) is 1.00. The van der Waals surface area contributed by atoms with Crippen molar-refractivity contribution in [3.63, 3.8) is 0 Å². The van der Waals surface area contributed by atoms with Crippen LogP contribution in [-0.2, 0) is 0 Å². The lowest BCUT2D eigenvalue weighted by atomic mass is 10.1. The summed E-state index contributed by atoms with van der Waals surface area (Å²) in [6.45, 7) is 54.5. The molecule has 0 saturated carbocycles. The lowest BCUT2D eigenvalue weighted by Gasteiger charge is -2.38. The van der Waals surface area contributed by atoms with Gasteiger partial charge in [-0.15, -0.1) is 0 Å². The first kappa shape index (κ1) is 66.3. The Morgan fingerprint density at radius 3 is 0.812 bits per heavy atom. The molecule has 0 aromatic rings. The molecule has 69 heavy (non-hydrogen) atoms. The molecule has 5 saturated heterocycles. The first-order valence-corrected chi connectivity index (χ1v) is 27.3. The molecule has 0 radical (unpaired) electrons. The van der Waals surface area contributed by atoms with Crippen molar-refractivity contribution in [2.45, 2.75) is 123 Å². The van der Waals surface area contributed by atoms with Gasteiger partial charge in [0.25, 0.3) is 0 Å². The molecule has 5 aliphatic heterocycles. The summed E-state index contributed by atoms with van der Waals surface area (Å²) < 4.78 is 0. The monoisotopic (exact) mass is 986 g/mol. The largest absolute Gasteiger partial charge is 0.329 e. The summed E-state index contributed by atoms with van der Waals surface area (Å²) in [5.74, 6) is 0. The quantitative estimate of drug-likeness (QED) is 0.0610. The average molecular weight is 987 g/mol. The van der Waals surface area contributed by atoms with Crippen molar-refractivity contribution in [1.82, 2.24) is 49.4 Å². The predicted molar refractivity (Wildman–Crippen MR) is 298 cm³/mol. The summed E-state index contributed by atoms with van der Waals surface area (Å²) in [7, 11) is 0. The van der Waals surface area contributed by atoms with E-state index in [1.165, 1.54) is 26.2 Å². The Labute approximate surface area is 425 Å². The van der Waals surface area contributed by atoms with Crippen LogP contribution in [0.4, 0.5) is 0 Å². The summed E-state index contributed by atoms with van der Waals surface area (Å²) in [5, 5.41) is 3.32. The van der Waals surface area contributed by atoms with Crippen molar-refractivity contribution in [3.8, 4) is 0 Å². The highest BCUT2D eigenvalue weighted by Gasteiger charge is 2.24. The maximum Gasteiger partial charge on any atom is 0.0226 e. The molecule has 0 spiro atoms. The van der Waals surface area contributed by atoms with Gasteiger partial charge in [0.2, 0.25) is 0 Å². The Morgan fingerprint density at radius 1 is 0.348 bits per heavy atom. The van der Waals surface area contributed by atoms with E-state index in [4.69, 9.17) is 51.6 Å². The molecule has 19 heteroatoms. The minimum absolute atomic E-state index is 0.0443. The molecule has 5 fully saturated rings. The Kier molecular flexibility index (Phi) is 34.8. The summed E-state index contributed by atoms with van der Waals surface area (Å²) in [6.07, 6.45) is 2.22. The van der Waals surface area contributed by atoms with Crippen LogP contribution in [-0.4, -0.2) is 288 Å². The van der Waals surface area contributed by atoms with Crippen LogP contribution in [0.25, 0.3) is 0 Å². The summed E-state index contributed by atoms with van der Waals surface area (Å²) in [6, 6.07) is 1.23. The topological polar surface area (TPSA) is 275 Å². The third kappa shape index (κ3) is 38.5. The van der Waals surface area contributed by atoms with Crippen LogP contribution in [0.5, 0.6) is 0 Å². The smallest absolute Gasteiger partial charge is 0.0226 e. The molecular formula is C50H119N19. The minimum atomic E-state index is -0.0800. The lowest BCUT2D eigenvalue weighted by molar-refractivity contribution is 0.113. The van der Waals surface area contributed by atoms with Crippen LogP contribution in [0, 0.1) is 0 Å². The highest BCUT2D eigenvalue weighted by atomic mass is 15.3. The highest BCUT2D eigenvalue weighted by Crippen LogP contribution is 2.09. The molecule has 4 atom stereocenters. The Balaban J connectivity index is 0.000000433. The minimum Gasteiger partial charge on any atom is -0.329 e. The number of hydrogen-bond acceptors (Lipinski definition) is 19. The summed E-state index contributed by atoms with van der Waals surface area (Å²) in [4.78, 5) is 22.0. The summed E-state index contributed by atoms with van der Waals surface area (Å²) >= 11 is 0. The second-order valence-electron chi connectivity index (χ2n) is 23.6. The molecule has 5 rings (SSSR count). The van der Waals surface area contributed by atoms with Gasteiger partial charge in [0, 0.05) is 231 Å². The van der Waals surface area contributed by atoms with Crippen molar-refractivity contribution in [3.05, 3.63) is 0 Å². The average Bonchev–Trinajstić information content (AvgIpc) is 3.24. The number of rotatable bonds is 20. The maximum absolute atomic E-state index is 6.01.